The largest absolute Gasteiger partial charge is 0.496 e. The highest BCUT2D eigenvalue weighted by Gasteiger charge is 2.09. The lowest BCUT2D eigenvalue weighted by Crippen LogP contribution is -2.27. The maximum atomic E-state index is 12.4. The van der Waals surface area contributed by atoms with Gasteiger partial charge in [0.2, 0.25) is 5.91 Å². The third-order valence-electron chi connectivity index (χ3n) is 4.16. The van der Waals surface area contributed by atoms with Crippen LogP contribution in [0.15, 0.2) is 46.9 Å². The van der Waals surface area contributed by atoms with Crippen molar-refractivity contribution >= 4 is 27.9 Å². The number of carbonyl (C=O) groups is 1. The minimum absolute atomic E-state index is 0.0718. The summed E-state index contributed by atoms with van der Waals surface area (Å²) in [5.74, 6) is 2.02. The fraction of sp³-hybridized carbons (Fsp3) is 0.286. The Morgan fingerprint density at radius 1 is 1.00 bits per heavy atom. The van der Waals surface area contributed by atoms with E-state index in [1.165, 1.54) is 0 Å². The number of halogens is 1. The Kier molecular flexibility index (Phi) is 7.73. The number of carbonyl (C=O) groups excluding carboxylic acids is 1. The minimum Gasteiger partial charge on any atom is -0.496 e. The molecule has 0 spiro atoms. The molecule has 6 heteroatoms. The van der Waals surface area contributed by atoms with Gasteiger partial charge in [0.1, 0.15) is 5.75 Å². The van der Waals surface area contributed by atoms with E-state index < -0.39 is 0 Å². The molecule has 0 N–H and O–H groups in total. The van der Waals surface area contributed by atoms with Crippen molar-refractivity contribution in [2.24, 2.45) is 0 Å². The summed E-state index contributed by atoms with van der Waals surface area (Å²) in [6.45, 7) is 0.592. The average molecular weight is 434 g/mol. The molecule has 0 radical (unpaired) electrons. The number of likely N-dealkylation sites (N-methyl/N-ethyl adjacent to an activating group) is 1. The van der Waals surface area contributed by atoms with Crippen LogP contribution in [0.2, 0.25) is 0 Å². The van der Waals surface area contributed by atoms with Gasteiger partial charge in [0.15, 0.2) is 11.5 Å². The number of benzene rings is 2. The Balaban J connectivity index is 1.99. The van der Waals surface area contributed by atoms with Crippen LogP contribution >= 0.6 is 15.9 Å². The lowest BCUT2D eigenvalue weighted by Gasteiger charge is -2.16. The molecule has 2 aromatic rings. The topological polar surface area (TPSA) is 48.0 Å². The van der Waals surface area contributed by atoms with E-state index in [-0.39, 0.29) is 5.91 Å². The van der Waals surface area contributed by atoms with E-state index in [1.807, 2.05) is 36.4 Å². The smallest absolute Gasteiger partial charge is 0.246 e. The molecule has 0 aliphatic rings. The summed E-state index contributed by atoms with van der Waals surface area (Å²) in [5.41, 5.74) is 1.92. The molecule has 0 bridgehead atoms. The highest BCUT2D eigenvalue weighted by molar-refractivity contribution is 9.10. The van der Waals surface area contributed by atoms with Crippen molar-refractivity contribution in [2.45, 2.75) is 6.42 Å². The summed E-state index contributed by atoms with van der Waals surface area (Å²) >= 11 is 3.43. The van der Waals surface area contributed by atoms with Gasteiger partial charge in [-0.05, 0) is 48.4 Å². The van der Waals surface area contributed by atoms with E-state index in [0.717, 1.165) is 27.8 Å². The Morgan fingerprint density at radius 2 is 1.67 bits per heavy atom. The maximum Gasteiger partial charge on any atom is 0.246 e. The number of hydrogen-bond acceptors (Lipinski definition) is 4. The molecule has 0 heterocycles. The monoisotopic (exact) mass is 433 g/mol. The predicted octanol–water partition coefficient (Wildman–Crippen LogP) is 4.19. The SMILES string of the molecule is COc1ccc(Br)cc1/C=C/C(=O)N(C)CCc1ccc(OC)c(OC)c1. The molecule has 0 atom stereocenters. The standard InChI is InChI=1S/C21H24BrNO4/c1-23(12-11-15-5-8-19(26-3)20(13-15)27-4)21(24)10-6-16-14-17(22)7-9-18(16)25-2/h5-10,13-14H,11-12H2,1-4H3/b10-6+. The van der Waals surface area contributed by atoms with Crippen LogP contribution in [-0.4, -0.2) is 45.7 Å². The van der Waals surface area contributed by atoms with E-state index in [9.17, 15) is 4.79 Å². The molecule has 1 amide bonds. The Morgan fingerprint density at radius 3 is 2.33 bits per heavy atom. The molecule has 0 aromatic heterocycles. The first-order valence-electron chi connectivity index (χ1n) is 8.46. The third-order valence-corrected chi connectivity index (χ3v) is 4.65. The molecule has 0 fully saturated rings. The normalized spacial score (nSPS) is 10.7. The number of rotatable bonds is 8. The van der Waals surface area contributed by atoms with Crippen molar-refractivity contribution in [3.8, 4) is 17.2 Å². The van der Waals surface area contributed by atoms with Gasteiger partial charge in [-0.2, -0.15) is 0 Å². The molecular formula is C21H24BrNO4. The lowest BCUT2D eigenvalue weighted by atomic mass is 10.1. The van der Waals surface area contributed by atoms with Crippen molar-refractivity contribution in [1.29, 1.82) is 0 Å². The molecule has 144 valence electrons. The van der Waals surface area contributed by atoms with Crippen molar-refractivity contribution in [2.75, 3.05) is 34.9 Å². The zero-order valence-corrected chi connectivity index (χ0v) is 17.6. The second-order valence-electron chi connectivity index (χ2n) is 5.92. The molecule has 0 saturated heterocycles. The van der Waals surface area contributed by atoms with Crippen LogP contribution in [0.3, 0.4) is 0 Å². The van der Waals surface area contributed by atoms with E-state index in [1.54, 1.807) is 45.4 Å². The summed E-state index contributed by atoms with van der Waals surface area (Å²) < 4.78 is 16.8. The summed E-state index contributed by atoms with van der Waals surface area (Å²) in [5, 5.41) is 0. The first-order valence-corrected chi connectivity index (χ1v) is 9.25. The van der Waals surface area contributed by atoms with Gasteiger partial charge < -0.3 is 19.1 Å². The fourth-order valence-corrected chi connectivity index (χ4v) is 2.95. The summed E-state index contributed by atoms with van der Waals surface area (Å²) in [6.07, 6.45) is 4.04. The van der Waals surface area contributed by atoms with E-state index >= 15 is 0 Å². The molecule has 27 heavy (non-hydrogen) atoms. The zero-order chi connectivity index (χ0) is 19.8. The number of methoxy groups -OCH3 is 3. The molecule has 5 nitrogen and oxygen atoms in total. The average Bonchev–Trinajstić information content (AvgIpc) is 2.69. The van der Waals surface area contributed by atoms with Crippen LogP contribution in [-0.2, 0) is 11.2 Å². The molecule has 0 unspecified atom stereocenters. The Labute approximate surface area is 168 Å². The van der Waals surface area contributed by atoms with Gasteiger partial charge in [0, 0.05) is 29.7 Å². The second kappa shape index (κ2) is 10.0. The molecular weight excluding hydrogens is 410 g/mol. The van der Waals surface area contributed by atoms with Gasteiger partial charge in [0.25, 0.3) is 0 Å². The number of amides is 1. The molecule has 0 saturated carbocycles. The van der Waals surface area contributed by atoms with Gasteiger partial charge in [-0.3, -0.25) is 4.79 Å². The van der Waals surface area contributed by atoms with Crippen LogP contribution in [0.25, 0.3) is 6.08 Å². The maximum absolute atomic E-state index is 12.4. The van der Waals surface area contributed by atoms with Crippen molar-refractivity contribution in [3.63, 3.8) is 0 Å². The first-order chi connectivity index (χ1) is 13.0. The highest BCUT2D eigenvalue weighted by Crippen LogP contribution is 2.28. The Hall–Kier alpha value is -2.47. The van der Waals surface area contributed by atoms with E-state index in [0.29, 0.717) is 18.0 Å². The third kappa shape index (κ3) is 5.76. The van der Waals surface area contributed by atoms with Crippen LogP contribution in [0.1, 0.15) is 11.1 Å². The van der Waals surface area contributed by atoms with Gasteiger partial charge in [-0.15, -0.1) is 0 Å². The van der Waals surface area contributed by atoms with Gasteiger partial charge in [-0.25, -0.2) is 0 Å². The number of ether oxygens (including phenoxy) is 3. The quantitative estimate of drug-likeness (QED) is 0.585. The van der Waals surface area contributed by atoms with Crippen LogP contribution < -0.4 is 14.2 Å². The lowest BCUT2D eigenvalue weighted by molar-refractivity contribution is -0.124. The molecule has 2 aromatic carbocycles. The fourth-order valence-electron chi connectivity index (χ4n) is 2.57. The second-order valence-corrected chi connectivity index (χ2v) is 6.83. The van der Waals surface area contributed by atoms with Crippen LogP contribution in [0.4, 0.5) is 0 Å². The zero-order valence-electron chi connectivity index (χ0n) is 16.0. The van der Waals surface area contributed by atoms with E-state index in [2.05, 4.69) is 15.9 Å². The van der Waals surface area contributed by atoms with Crippen LogP contribution in [0, 0.1) is 0 Å². The van der Waals surface area contributed by atoms with Crippen LogP contribution in [0.5, 0.6) is 17.2 Å². The van der Waals surface area contributed by atoms with Gasteiger partial charge in [-0.1, -0.05) is 22.0 Å². The minimum atomic E-state index is -0.0718. The predicted molar refractivity (Wildman–Crippen MR) is 111 cm³/mol. The van der Waals surface area contributed by atoms with Crippen molar-refractivity contribution in [3.05, 3.63) is 58.1 Å². The Bertz CT molecular complexity index is 820. The van der Waals surface area contributed by atoms with Crippen molar-refractivity contribution < 1.29 is 19.0 Å². The highest BCUT2D eigenvalue weighted by atomic mass is 79.9. The molecule has 0 aliphatic carbocycles. The van der Waals surface area contributed by atoms with Gasteiger partial charge in [0.05, 0.1) is 21.3 Å². The number of nitrogens with zero attached hydrogens (tertiary/aromatic N) is 1. The van der Waals surface area contributed by atoms with Crippen molar-refractivity contribution in [1.82, 2.24) is 4.90 Å². The molecule has 0 aliphatic heterocycles. The number of hydrogen-bond donors (Lipinski definition) is 0. The summed E-state index contributed by atoms with van der Waals surface area (Å²) in [4.78, 5) is 14.1. The van der Waals surface area contributed by atoms with E-state index in [4.69, 9.17) is 14.2 Å². The molecule has 2 rings (SSSR count). The summed E-state index contributed by atoms with van der Waals surface area (Å²) in [6, 6.07) is 11.4. The summed E-state index contributed by atoms with van der Waals surface area (Å²) in [7, 11) is 6.61. The first kappa shape index (κ1) is 20.8. The van der Waals surface area contributed by atoms with Gasteiger partial charge >= 0.3 is 0 Å².